The number of ether oxygens (including phenoxy) is 2. The fraction of sp³-hybridized carbons (Fsp3) is 0.485. The van der Waals surface area contributed by atoms with E-state index in [9.17, 15) is 18.0 Å². The summed E-state index contributed by atoms with van der Waals surface area (Å²) in [7, 11) is 0.319. The Labute approximate surface area is 264 Å². The van der Waals surface area contributed by atoms with Gasteiger partial charge in [-0.05, 0) is 61.9 Å². The highest BCUT2D eigenvalue weighted by Gasteiger charge is 2.33. The number of morpholine rings is 1. The number of hydrogen-bond acceptors (Lipinski definition) is 7. The van der Waals surface area contributed by atoms with Crippen molar-refractivity contribution < 1.29 is 27.5 Å². The predicted octanol–water partition coefficient (Wildman–Crippen LogP) is 4.33. The monoisotopic (exact) mass is 635 g/mol. The highest BCUT2D eigenvalue weighted by atomic mass is 32.2. The molecular formula is C33H41N5O6S. The van der Waals surface area contributed by atoms with Crippen molar-refractivity contribution in [1.82, 2.24) is 23.5 Å². The second kappa shape index (κ2) is 12.2. The number of fused-ring (bicyclic) bond motifs is 5. The first kappa shape index (κ1) is 31.3. The molecular weight excluding hydrogens is 594 g/mol. The molecule has 2 fully saturated rings. The lowest BCUT2D eigenvalue weighted by molar-refractivity contribution is -0.139. The maximum absolute atomic E-state index is 14.2. The first-order valence-electron chi connectivity index (χ1n) is 15.6. The molecule has 6 rings (SSSR count). The van der Waals surface area contributed by atoms with E-state index in [1.54, 1.807) is 19.2 Å². The van der Waals surface area contributed by atoms with Gasteiger partial charge in [-0.2, -0.15) is 12.7 Å². The van der Waals surface area contributed by atoms with Crippen LogP contribution in [0.5, 0.6) is 5.88 Å². The van der Waals surface area contributed by atoms with Gasteiger partial charge in [0.15, 0.2) is 0 Å². The summed E-state index contributed by atoms with van der Waals surface area (Å²) in [5.74, 6) is -0.0442. The number of benzene rings is 1. The van der Waals surface area contributed by atoms with Gasteiger partial charge >= 0.3 is 10.2 Å². The van der Waals surface area contributed by atoms with Crippen LogP contribution in [-0.2, 0) is 26.3 Å². The Morgan fingerprint density at radius 1 is 1.07 bits per heavy atom. The average Bonchev–Trinajstić information content (AvgIpc) is 3.22. The zero-order chi connectivity index (χ0) is 32.0. The van der Waals surface area contributed by atoms with E-state index in [-0.39, 0.29) is 30.2 Å². The van der Waals surface area contributed by atoms with Gasteiger partial charge in [-0.3, -0.25) is 9.59 Å². The zero-order valence-electron chi connectivity index (χ0n) is 26.5. The molecule has 1 aliphatic carbocycles. The van der Waals surface area contributed by atoms with Crippen molar-refractivity contribution in [3.8, 4) is 17.1 Å². The van der Waals surface area contributed by atoms with E-state index in [0.717, 1.165) is 57.7 Å². The molecule has 3 aromatic rings. The van der Waals surface area contributed by atoms with Crippen LogP contribution in [0.4, 0.5) is 0 Å². The van der Waals surface area contributed by atoms with E-state index in [0.29, 0.717) is 30.5 Å². The second-order valence-electron chi connectivity index (χ2n) is 12.6. The van der Waals surface area contributed by atoms with Crippen LogP contribution in [-0.4, -0.2) is 85.5 Å². The van der Waals surface area contributed by atoms with Crippen LogP contribution in [0.2, 0.25) is 0 Å². The molecule has 45 heavy (non-hydrogen) atoms. The fourth-order valence-electron chi connectivity index (χ4n) is 7.00. The number of pyridine rings is 1. The first-order valence-corrected chi connectivity index (χ1v) is 17.0. The Bertz CT molecular complexity index is 1780. The van der Waals surface area contributed by atoms with E-state index in [1.807, 2.05) is 43.2 Å². The number of methoxy groups -OCH3 is 1. The number of hydrogen-bond donors (Lipinski definition) is 1. The zero-order valence-corrected chi connectivity index (χ0v) is 27.3. The van der Waals surface area contributed by atoms with E-state index in [2.05, 4.69) is 14.3 Å². The standard InChI is InChI=1S/C33H41N5O6S/c1-20-17-37(18-21(2)44-20)33(40)25-13-24-15-29(43-5)34-16-27(24)31-30(22-9-7-6-8-10-22)26-12-11-23(14-28(26)38(31)19-25)32(39)35-45(41,42)36(3)4/h11-16,20-22H,6-10,17-19H2,1-5H3,(H,35,39)/t20-,21+. The van der Waals surface area contributed by atoms with Gasteiger partial charge in [0.25, 0.3) is 11.8 Å². The lowest BCUT2D eigenvalue weighted by Gasteiger charge is -2.35. The maximum Gasteiger partial charge on any atom is 0.303 e. The van der Waals surface area contributed by atoms with Crippen molar-refractivity contribution in [3.63, 3.8) is 0 Å². The summed E-state index contributed by atoms with van der Waals surface area (Å²) in [5, 5.41) is 0.994. The van der Waals surface area contributed by atoms with Crippen molar-refractivity contribution in [2.24, 2.45) is 0 Å². The van der Waals surface area contributed by atoms with Crippen LogP contribution in [0.1, 0.15) is 73.4 Å². The Hall–Kier alpha value is -3.74. The molecule has 2 atom stereocenters. The number of carbonyl (C=O) groups excluding carboxylic acids is 2. The highest BCUT2D eigenvalue weighted by Crippen LogP contribution is 2.47. The van der Waals surface area contributed by atoms with Crippen molar-refractivity contribution in [3.05, 3.63) is 52.7 Å². The molecule has 1 saturated carbocycles. The third-order valence-electron chi connectivity index (χ3n) is 9.10. The Kier molecular flexibility index (Phi) is 8.49. The summed E-state index contributed by atoms with van der Waals surface area (Å²) in [6.07, 6.45) is 9.12. The van der Waals surface area contributed by atoms with Crippen molar-refractivity contribution in [2.45, 2.75) is 70.6 Å². The van der Waals surface area contributed by atoms with Gasteiger partial charge in [0.2, 0.25) is 5.88 Å². The maximum atomic E-state index is 14.2. The highest BCUT2D eigenvalue weighted by molar-refractivity contribution is 7.87. The van der Waals surface area contributed by atoms with Crippen LogP contribution in [0.15, 0.2) is 36.0 Å². The SMILES string of the molecule is COc1cc2c(cn1)-c1c(C3CCCCC3)c3ccc(C(=O)NS(=O)(=O)N(C)C)cc3n1CC(C(=O)N1C[C@@H](C)O[C@@H](C)C1)=C2. The van der Waals surface area contributed by atoms with Gasteiger partial charge in [0, 0.05) is 67.1 Å². The van der Waals surface area contributed by atoms with Crippen molar-refractivity contribution in [2.75, 3.05) is 34.3 Å². The molecule has 3 aliphatic rings. The molecule has 4 heterocycles. The Morgan fingerprint density at radius 3 is 2.44 bits per heavy atom. The Morgan fingerprint density at radius 2 is 1.78 bits per heavy atom. The number of nitrogens with one attached hydrogen (secondary N) is 1. The predicted molar refractivity (Wildman–Crippen MR) is 172 cm³/mol. The van der Waals surface area contributed by atoms with Gasteiger partial charge in [-0.15, -0.1) is 0 Å². The molecule has 2 amide bonds. The van der Waals surface area contributed by atoms with Crippen molar-refractivity contribution >= 4 is 39.0 Å². The van der Waals surface area contributed by atoms with Crippen LogP contribution >= 0.6 is 0 Å². The van der Waals surface area contributed by atoms with Gasteiger partial charge in [-0.25, -0.2) is 9.71 Å². The molecule has 11 nitrogen and oxygen atoms in total. The topological polar surface area (TPSA) is 123 Å². The molecule has 2 aromatic heterocycles. The van der Waals surface area contributed by atoms with Crippen LogP contribution < -0.4 is 9.46 Å². The van der Waals surface area contributed by atoms with Crippen LogP contribution in [0, 0.1) is 0 Å². The second-order valence-corrected chi connectivity index (χ2v) is 14.5. The minimum absolute atomic E-state index is 0.0707. The third kappa shape index (κ3) is 5.98. The van der Waals surface area contributed by atoms with Crippen molar-refractivity contribution in [1.29, 1.82) is 0 Å². The molecule has 240 valence electrons. The number of carbonyl (C=O) groups is 2. The smallest absolute Gasteiger partial charge is 0.303 e. The van der Waals surface area contributed by atoms with Gasteiger partial charge in [0.05, 0.1) is 31.6 Å². The number of aromatic nitrogens is 2. The van der Waals surface area contributed by atoms with Crippen LogP contribution in [0.3, 0.4) is 0 Å². The molecule has 0 radical (unpaired) electrons. The molecule has 0 spiro atoms. The van der Waals surface area contributed by atoms with Crippen LogP contribution in [0.25, 0.3) is 28.2 Å². The fourth-order valence-corrected chi connectivity index (χ4v) is 7.54. The summed E-state index contributed by atoms with van der Waals surface area (Å²) in [5.41, 5.74) is 5.47. The summed E-state index contributed by atoms with van der Waals surface area (Å²) in [6, 6.07) is 7.22. The van der Waals surface area contributed by atoms with E-state index < -0.39 is 16.1 Å². The molecule has 0 unspecified atom stereocenters. The molecule has 1 aromatic carbocycles. The molecule has 1 saturated heterocycles. The lowest BCUT2D eigenvalue weighted by Crippen LogP contribution is -2.48. The summed E-state index contributed by atoms with van der Waals surface area (Å²) in [6.45, 7) is 5.20. The summed E-state index contributed by atoms with van der Waals surface area (Å²) >= 11 is 0. The van der Waals surface area contributed by atoms with Gasteiger partial charge in [-0.1, -0.05) is 25.3 Å². The largest absolute Gasteiger partial charge is 0.481 e. The Balaban J connectivity index is 1.55. The number of rotatable bonds is 6. The summed E-state index contributed by atoms with van der Waals surface area (Å²) in [4.78, 5) is 33.9. The van der Waals surface area contributed by atoms with E-state index >= 15 is 0 Å². The van der Waals surface area contributed by atoms with E-state index in [1.165, 1.54) is 26.1 Å². The average molecular weight is 636 g/mol. The summed E-state index contributed by atoms with van der Waals surface area (Å²) < 4.78 is 41.6. The lowest BCUT2D eigenvalue weighted by atomic mass is 9.81. The van der Waals surface area contributed by atoms with Gasteiger partial charge < -0.3 is 18.9 Å². The number of nitrogens with zero attached hydrogens (tertiary/aromatic N) is 4. The minimum Gasteiger partial charge on any atom is -0.481 e. The number of amides is 2. The molecule has 1 N–H and O–H groups in total. The molecule has 12 heteroatoms. The third-order valence-corrected chi connectivity index (χ3v) is 10.5. The minimum atomic E-state index is -3.98. The van der Waals surface area contributed by atoms with E-state index in [4.69, 9.17) is 9.47 Å². The van der Waals surface area contributed by atoms with Gasteiger partial charge in [0.1, 0.15) is 0 Å². The molecule has 2 aliphatic heterocycles. The quantitative estimate of drug-likeness (QED) is 0.428. The molecule has 0 bridgehead atoms. The first-order chi connectivity index (χ1) is 21.5. The normalized spacial score (nSPS) is 20.8.